The molecule has 0 spiro atoms. The topological polar surface area (TPSA) is 55.6 Å². The van der Waals surface area contributed by atoms with Crippen molar-refractivity contribution in [3.05, 3.63) is 35.4 Å². The summed E-state index contributed by atoms with van der Waals surface area (Å²) in [5.74, 6) is -0.378. The van der Waals surface area contributed by atoms with Crippen LogP contribution in [0.25, 0.3) is 0 Å². The molecule has 1 atom stereocenters. The van der Waals surface area contributed by atoms with Gasteiger partial charge in [0.2, 0.25) is 5.91 Å². The highest BCUT2D eigenvalue weighted by atomic mass is 16.5. The van der Waals surface area contributed by atoms with E-state index in [0.29, 0.717) is 11.6 Å². The van der Waals surface area contributed by atoms with Gasteiger partial charge in [-0.3, -0.25) is 9.69 Å². The predicted octanol–water partition coefficient (Wildman–Crippen LogP) is 1.01. The molecule has 1 saturated heterocycles. The van der Waals surface area contributed by atoms with Crippen LogP contribution in [0.15, 0.2) is 24.3 Å². The first-order valence-electron chi connectivity index (χ1n) is 5.87. The van der Waals surface area contributed by atoms with Crippen LogP contribution in [0.5, 0.6) is 0 Å². The van der Waals surface area contributed by atoms with Crippen molar-refractivity contribution < 1.29 is 9.53 Å². The maximum Gasteiger partial charge on any atom is 0.248 e. The highest BCUT2D eigenvalue weighted by Crippen LogP contribution is 2.12. The van der Waals surface area contributed by atoms with Gasteiger partial charge in [0.05, 0.1) is 13.2 Å². The Hall–Kier alpha value is -1.39. The Morgan fingerprint density at radius 2 is 2.18 bits per heavy atom. The van der Waals surface area contributed by atoms with Crippen molar-refractivity contribution in [2.24, 2.45) is 5.73 Å². The number of carbonyl (C=O) groups excluding carboxylic acids is 1. The minimum absolute atomic E-state index is 0.378. The Morgan fingerprint density at radius 1 is 1.47 bits per heavy atom. The van der Waals surface area contributed by atoms with Crippen molar-refractivity contribution in [2.45, 2.75) is 19.5 Å². The lowest BCUT2D eigenvalue weighted by Crippen LogP contribution is -2.42. The standard InChI is InChI=1S/C13H18N2O2/c1-10-9-17-7-6-15(10)8-11-2-4-12(5-3-11)13(14)16/h2-5,10H,6-9H2,1H3,(H2,14,16). The lowest BCUT2D eigenvalue weighted by atomic mass is 10.1. The third-order valence-corrected chi connectivity index (χ3v) is 3.13. The molecule has 4 heteroatoms. The van der Waals surface area contributed by atoms with Crippen LogP contribution in [-0.2, 0) is 11.3 Å². The number of amides is 1. The van der Waals surface area contributed by atoms with Crippen molar-refractivity contribution >= 4 is 5.91 Å². The third-order valence-electron chi connectivity index (χ3n) is 3.13. The van der Waals surface area contributed by atoms with Crippen molar-refractivity contribution in [1.29, 1.82) is 0 Å². The molecule has 4 nitrogen and oxygen atoms in total. The van der Waals surface area contributed by atoms with Crippen LogP contribution in [0.4, 0.5) is 0 Å². The summed E-state index contributed by atoms with van der Waals surface area (Å²) < 4.78 is 5.40. The molecule has 1 aliphatic rings. The van der Waals surface area contributed by atoms with E-state index in [1.54, 1.807) is 12.1 Å². The smallest absolute Gasteiger partial charge is 0.248 e. The Labute approximate surface area is 101 Å². The molecule has 1 unspecified atom stereocenters. The van der Waals surface area contributed by atoms with Gasteiger partial charge in [-0.1, -0.05) is 12.1 Å². The van der Waals surface area contributed by atoms with E-state index in [1.165, 1.54) is 5.56 Å². The van der Waals surface area contributed by atoms with E-state index < -0.39 is 0 Å². The van der Waals surface area contributed by atoms with Crippen molar-refractivity contribution in [2.75, 3.05) is 19.8 Å². The molecule has 0 aliphatic carbocycles. The molecule has 0 aromatic heterocycles. The number of ether oxygens (including phenoxy) is 1. The second-order valence-electron chi connectivity index (χ2n) is 4.46. The molecule has 1 aliphatic heterocycles. The van der Waals surface area contributed by atoms with E-state index in [-0.39, 0.29) is 5.91 Å². The summed E-state index contributed by atoms with van der Waals surface area (Å²) in [5, 5.41) is 0. The molecule has 1 fully saturated rings. The zero-order chi connectivity index (χ0) is 12.3. The molecule has 17 heavy (non-hydrogen) atoms. The molecule has 0 bridgehead atoms. The number of carbonyl (C=O) groups is 1. The fourth-order valence-electron chi connectivity index (χ4n) is 2.01. The monoisotopic (exact) mass is 234 g/mol. The van der Waals surface area contributed by atoms with Crippen LogP contribution in [0.1, 0.15) is 22.8 Å². The highest BCUT2D eigenvalue weighted by molar-refractivity contribution is 5.92. The van der Waals surface area contributed by atoms with Gasteiger partial charge in [-0.05, 0) is 24.6 Å². The van der Waals surface area contributed by atoms with Crippen LogP contribution in [0.3, 0.4) is 0 Å². The Bertz CT molecular complexity index is 389. The molecule has 1 amide bonds. The number of hydrogen-bond acceptors (Lipinski definition) is 3. The summed E-state index contributed by atoms with van der Waals surface area (Å²) in [6, 6.07) is 7.93. The number of rotatable bonds is 3. The van der Waals surface area contributed by atoms with Gasteiger partial charge in [0, 0.05) is 24.7 Å². The quantitative estimate of drug-likeness (QED) is 0.849. The summed E-state index contributed by atoms with van der Waals surface area (Å²) in [6.07, 6.45) is 0. The maximum atomic E-state index is 10.9. The van der Waals surface area contributed by atoms with Crippen LogP contribution in [0, 0.1) is 0 Å². The summed E-state index contributed by atoms with van der Waals surface area (Å²) >= 11 is 0. The number of primary amides is 1. The second-order valence-corrected chi connectivity index (χ2v) is 4.46. The van der Waals surface area contributed by atoms with E-state index in [9.17, 15) is 4.79 Å². The minimum atomic E-state index is -0.378. The second kappa shape index (κ2) is 5.29. The number of nitrogens with zero attached hydrogens (tertiary/aromatic N) is 1. The van der Waals surface area contributed by atoms with E-state index in [1.807, 2.05) is 12.1 Å². The average Bonchev–Trinajstić information content (AvgIpc) is 2.33. The van der Waals surface area contributed by atoms with E-state index in [4.69, 9.17) is 10.5 Å². The van der Waals surface area contributed by atoms with Gasteiger partial charge in [0.15, 0.2) is 0 Å². The van der Waals surface area contributed by atoms with Crippen molar-refractivity contribution in [3.63, 3.8) is 0 Å². The lowest BCUT2D eigenvalue weighted by molar-refractivity contribution is -0.00436. The number of hydrogen-bond donors (Lipinski definition) is 1. The van der Waals surface area contributed by atoms with E-state index in [2.05, 4.69) is 11.8 Å². The van der Waals surface area contributed by atoms with Gasteiger partial charge < -0.3 is 10.5 Å². The summed E-state index contributed by atoms with van der Waals surface area (Å²) in [6.45, 7) is 5.60. The Morgan fingerprint density at radius 3 is 2.76 bits per heavy atom. The molecule has 1 heterocycles. The first-order chi connectivity index (χ1) is 8.16. The lowest BCUT2D eigenvalue weighted by Gasteiger charge is -2.33. The molecule has 2 N–H and O–H groups in total. The van der Waals surface area contributed by atoms with Gasteiger partial charge >= 0.3 is 0 Å². The fourth-order valence-corrected chi connectivity index (χ4v) is 2.01. The first kappa shape index (κ1) is 12.1. The van der Waals surface area contributed by atoms with Gasteiger partial charge in [0.1, 0.15) is 0 Å². The van der Waals surface area contributed by atoms with Crippen LogP contribution < -0.4 is 5.73 Å². The number of nitrogens with two attached hydrogens (primary N) is 1. The van der Waals surface area contributed by atoms with Crippen LogP contribution in [-0.4, -0.2) is 36.6 Å². The average molecular weight is 234 g/mol. The largest absolute Gasteiger partial charge is 0.379 e. The molecular weight excluding hydrogens is 216 g/mol. The minimum Gasteiger partial charge on any atom is -0.379 e. The molecule has 1 aromatic carbocycles. The van der Waals surface area contributed by atoms with Crippen LogP contribution >= 0.6 is 0 Å². The third kappa shape index (κ3) is 3.05. The molecule has 2 rings (SSSR count). The summed E-state index contributed by atoms with van der Waals surface area (Å²) in [4.78, 5) is 13.3. The molecule has 0 radical (unpaired) electrons. The van der Waals surface area contributed by atoms with Crippen LogP contribution in [0.2, 0.25) is 0 Å². The highest BCUT2D eigenvalue weighted by Gasteiger charge is 2.18. The van der Waals surface area contributed by atoms with Crippen molar-refractivity contribution in [3.8, 4) is 0 Å². The van der Waals surface area contributed by atoms with Gasteiger partial charge in [0.25, 0.3) is 0 Å². The van der Waals surface area contributed by atoms with Gasteiger partial charge in [-0.15, -0.1) is 0 Å². The van der Waals surface area contributed by atoms with E-state index in [0.717, 1.165) is 26.3 Å². The fraction of sp³-hybridized carbons (Fsp3) is 0.462. The SMILES string of the molecule is CC1COCCN1Cc1ccc(C(N)=O)cc1. The zero-order valence-corrected chi connectivity index (χ0v) is 10.1. The molecule has 0 saturated carbocycles. The van der Waals surface area contributed by atoms with Gasteiger partial charge in [-0.2, -0.15) is 0 Å². The molecule has 92 valence electrons. The maximum absolute atomic E-state index is 10.9. The zero-order valence-electron chi connectivity index (χ0n) is 10.1. The number of morpholine rings is 1. The summed E-state index contributed by atoms with van der Waals surface area (Å²) in [5.41, 5.74) is 6.96. The molecular formula is C13H18N2O2. The normalized spacial score (nSPS) is 21.4. The Kier molecular flexibility index (Phi) is 3.76. The molecule has 1 aromatic rings. The van der Waals surface area contributed by atoms with Gasteiger partial charge in [-0.25, -0.2) is 0 Å². The first-order valence-corrected chi connectivity index (χ1v) is 5.87. The van der Waals surface area contributed by atoms with E-state index >= 15 is 0 Å². The number of benzene rings is 1. The predicted molar refractivity (Wildman–Crippen MR) is 65.7 cm³/mol. The van der Waals surface area contributed by atoms with Crippen molar-refractivity contribution in [1.82, 2.24) is 4.90 Å². The summed E-state index contributed by atoms with van der Waals surface area (Å²) in [7, 11) is 0. The Balaban J connectivity index is 2.00.